The van der Waals surface area contributed by atoms with Crippen LogP contribution in [0.3, 0.4) is 0 Å². The zero-order chi connectivity index (χ0) is 9.45. The lowest BCUT2D eigenvalue weighted by atomic mass is 9.75. The van der Waals surface area contributed by atoms with Crippen molar-refractivity contribution in [1.29, 1.82) is 0 Å². The molecule has 1 heteroatoms. The highest BCUT2D eigenvalue weighted by molar-refractivity contribution is 4.94. The third-order valence-corrected chi connectivity index (χ3v) is 2.74. The molecular formula is C11H25N. The van der Waals surface area contributed by atoms with Crippen LogP contribution in [0.5, 0.6) is 0 Å². The molecule has 12 heavy (non-hydrogen) atoms. The molecule has 0 aliphatic heterocycles. The average molecular weight is 171 g/mol. The summed E-state index contributed by atoms with van der Waals surface area (Å²) in [6, 6.07) is 0. The van der Waals surface area contributed by atoms with Gasteiger partial charge in [0.2, 0.25) is 0 Å². The first-order valence-electron chi connectivity index (χ1n) is 5.58. The first-order valence-corrected chi connectivity index (χ1v) is 5.58. The van der Waals surface area contributed by atoms with Gasteiger partial charge < -0.3 is 5.32 Å². The summed E-state index contributed by atoms with van der Waals surface area (Å²) >= 11 is 0. The molecule has 0 aromatic carbocycles. The van der Waals surface area contributed by atoms with Gasteiger partial charge in [0.15, 0.2) is 0 Å². The van der Waals surface area contributed by atoms with Gasteiger partial charge in [-0.3, -0.25) is 0 Å². The summed E-state index contributed by atoms with van der Waals surface area (Å²) in [5, 5.41) is 3.63. The van der Waals surface area contributed by atoms with Crippen molar-refractivity contribution in [3.05, 3.63) is 0 Å². The zero-order valence-corrected chi connectivity index (χ0v) is 9.24. The maximum absolute atomic E-state index is 3.63. The molecule has 1 rings (SSSR count). The Morgan fingerprint density at radius 3 is 2.00 bits per heavy atom. The summed E-state index contributed by atoms with van der Waals surface area (Å²) in [6.45, 7) is 9.73. The molecule has 1 nitrogen and oxygen atoms in total. The molecule has 0 saturated heterocycles. The molecule has 0 aromatic rings. The summed E-state index contributed by atoms with van der Waals surface area (Å²) in [5.74, 6) is 0. The Morgan fingerprint density at radius 1 is 1.17 bits per heavy atom. The molecule has 74 valence electrons. The van der Waals surface area contributed by atoms with Crippen LogP contribution >= 0.6 is 0 Å². The van der Waals surface area contributed by atoms with E-state index in [-0.39, 0.29) is 0 Å². The van der Waals surface area contributed by atoms with E-state index in [0.29, 0.717) is 5.54 Å². The lowest BCUT2D eigenvalue weighted by Crippen LogP contribution is -2.50. The first kappa shape index (κ1) is 12.0. The van der Waals surface area contributed by atoms with E-state index in [0.717, 1.165) is 0 Å². The third kappa shape index (κ3) is 3.14. The molecule has 0 amide bonds. The van der Waals surface area contributed by atoms with E-state index in [9.17, 15) is 0 Å². The van der Waals surface area contributed by atoms with Gasteiger partial charge in [-0.15, -0.1) is 0 Å². The summed E-state index contributed by atoms with van der Waals surface area (Å²) < 4.78 is 0. The Kier molecular flexibility index (Phi) is 6.45. The SMILES string of the molecule is CC.CCCNC1(CC)CCC1. The van der Waals surface area contributed by atoms with Gasteiger partial charge in [-0.05, 0) is 38.6 Å². The Balaban J connectivity index is 0.000000561. The van der Waals surface area contributed by atoms with Gasteiger partial charge in [-0.2, -0.15) is 0 Å². The highest BCUT2D eigenvalue weighted by atomic mass is 15.0. The monoisotopic (exact) mass is 171 g/mol. The topological polar surface area (TPSA) is 12.0 Å². The van der Waals surface area contributed by atoms with Crippen LogP contribution in [-0.2, 0) is 0 Å². The minimum Gasteiger partial charge on any atom is -0.311 e. The molecular weight excluding hydrogens is 146 g/mol. The van der Waals surface area contributed by atoms with Crippen molar-refractivity contribution in [2.45, 2.75) is 65.3 Å². The zero-order valence-electron chi connectivity index (χ0n) is 9.24. The van der Waals surface area contributed by atoms with Gasteiger partial charge >= 0.3 is 0 Å². The van der Waals surface area contributed by atoms with Gasteiger partial charge in [-0.25, -0.2) is 0 Å². The van der Waals surface area contributed by atoms with Crippen molar-refractivity contribution in [1.82, 2.24) is 5.32 Å². The maximum atomic E-state index is 3.63. The fourth-order valence-electron chi connectivity index (χ4n) is 1.65. The molecule has 0 aromatic heterocycles. The fourth-order valence-corrected chi connectivity index (χ4v) is 1.65. The lowest BCUT2D eigenvalue weighted by molar-refractivity contribution is 0.178. The van der Waals surface area contributed by atoms with E-state index in [1.165, 1.54) is 38.6 Å². The highest BCUT2D eigenvalue weighted by Crippen LogP contribution is 2.34. The Morgan fingerprint density at radius 2 is 1.75 bits per heavy atom. The van der Waals surface area contributed by atoms with Gasteiger partial charge in [-0.1, -0.05) is 27.7 Å². The van der Waals surface area contributed by atoms with Crippen LogP contribution in [0.4, 0.5) is 0 Å². The van der Waals surface area contributed by atoms with Crippen LogP contribution in [0.15, 0.2) is 0 Å². The van der Waals surface area contributed by atoms with E-state index in [4.69, 9.17) is 0 Å². The minimum absolute atomic E-state index is 0.565. The normalized spacial score (nSPS) is 19.0. The number of hydrogen-bond donors (Lipinski definition) is 1. The largest absolute Gasteiger partial charge is 0.311 e. The standard InChI is InChI=1S/C9H19N.C2H6/c1-3-8-10-9(4-2)6-5-7-9;1-2/h10H,3-8H2,1-2H3;1-2H3. The van der Waals surface area contributed by atoms with Crippen molar-refractivity contribution in [3.63, 3.8) is 0 Å². The van der Waals surface area contributed by atoms with Crippen LogP contribution in [0.1, 0.15) is 59.8 Å². The number of rotatable bonds is 4. The Hall–Kier alpha value is -0.0400. The van der Waals surface area contributed by atoms with Crippen molar-refractivity contribution < 1.29 is 0 Å². The molecule has 1 fully saturated rings. The maximum Gasteiger partial charge on any atom is 0.0178 e. The van der Waals surface area contributed by atoms with Crippen LogP contribution < -0.4 is 5.32 Å². The summed E-state index contributed by atoms with van der Waals surface area (Å²) in [5.41, 5.74) is 0.565. The molecule has 0 unspecified atom stereocenters. The van der Waals surface area contributed by atoms with Crippen LogP contribution in [-0.4, -0.2) is 12.1 Å². The molecule has 0 heterocycles. The summed E-state index contributed by atoms with van der Waals surface area (Å²) in [4.78, 5) is 0. The molecule has 0 bridgehead atoms. The highest BCUT2D eigenvalue weighted by Gasteiger charge is 2.33. The predicted octanol–water partition coefficient (Wildman–Crippen LogP) is 3.34. The van der Waals surface area contributed by atoms with Crippen molar-refractivity contribution in [3.8, 4) is 0 Å². The summed E-state index contributed by atoms with van der Waals surface area (Å²) in [6.07, 6.45) is 6.83. The van der Waals surface area contributed by atoms with Gasteiger partial charge in [0, 0.05) is 5.54 Å². The first-order chi connectivity index (χ1) is 5.83. The second-order valence-electron chi connectivity index (χ2n) is 3.41. The number of hydrogen-bond acceptors (Lipinski definition) is 1. The third-order valence-electron chi connectivity index (χ3n) is 2.74. The molecule has 0 radical (unpaired) electrons. The fraction of sp³-hybridized carbons (Fsp3) is 1.00. The van der Waals surface area contributed by atoms with E-state index >= 15 is 0 Å². The number of nitrogens with one attached hydrogen (secondary N) is 1. The van der Waals surface area contributed by atoms with Gasteiger partial charge in [0.25, 0.3) is 0 Å². The van der Waals surface area contributed by atoms with Crippen molar-refractivity contribution in [2.75, 3.05) is 6.54 Å². The second kappa shape index (κ2) is 6.47. The molecule has 1 saturated carbocycles. The molecule has 1 aliphatic carbocycles. The van der Waals surface area contributed by atoms with Crippen LogP contribution in [0, 0.1) is 0 Å². The van der Waals surface area contributed by atoms with Gasteiger partial charge in [0.1, 0.15) is 0 Å². The molecule has 1 aliphatic rings. The van der Waals surface area contributed by atoms with Crippen LogP contribution in [0.2, 0.25) is 0 Å². The van der Waals surface area contributed by atoms with E-state index in [2.05, 4.69) is 19.2 Å². The van der Waals surface area contributed by atoms with E-state index in [1.54, 1.807) is 0 Å². The minimum atomic E-state index is 0.565. The molecule has 1 N–H and O–H groups in total. The quantitative estimate of drug-likeness (QED) is 0.684. The van der Waals surface area contributed by atoms with Gasteiger partial charge in [0.05, 0.1) is 0 Å². The summed E-state index contributed by atoms with van der Waals surface area (Å²) in [7, 11) is 0. The van der Waals surface area contributed by atoms with Crippen molar-refractivity contribution in [2.24, 2.45) is 0 Å². The van der Waals surface area contributed by atoms with Crippen LogP contribution in [0.25, 0.3) is 0 Å². The Bertz CT molecular complexity index is 89.7. The van der Waals surface area contributed by atoms with E-state index < -0.39 is 0 Å². The van der Waals surface area contributed by atoms with E-state index in [1.807, 2.05) is 13.8 Å². The molecule has 0 spiro atoms. The smallest absolute Gasteiger partial charge is 0.0178 e. The second-order valence-corrected chi connectivity index (χ2v) is 3.41. The molecule has 0 atom stereocenters. The lowest BCUT2D eigenvalue weighted by Gasteiger charge is -2.42. The predicted molar refractivity (Wildman–Crippen MR) is 56.5 cm³/mol. The average Bonchev–Trinajstić information content (AvgIpc) is 2.08. The Labute approximate surface area is 77.9 Å². The van der Waals surface area contributed by atoms with Crippen molar-refractivity contribution >= 4 is 0 Å².